The number of nitrogens with zero attached hydrogens (tertiary/aromatic N) is 1. The molecule has 1 heterocycles. The van der Waals surface area contributed by atoms with Crippen molar-refractivity contribution in [3.8, 4) is 0 Å². The second kappa shape index (κ2) is 8.50. The Morgan fingerprint density at radius 2 is 1.84 bits per heavy atom. The van der Waals surface area contributed by atoms with Crippen LogP contribution in [0.3, 0.4) is 0 Å². The molecule has 0 saturated carbocycles. The molecule has 25 heavy (non-hydrogen) atoms. The molecule has 0 radical (unpaired) electrons. The zero-order chi connectivity index (χ0) is 18.4. The molecule has 136 valence electrons. The van der Waals surface area contributed by atoms with Crippen molar-refractivity contribution >= 4 is 23.5 Å². The van der Waals surface area contributed by atoms with Crippen molar-refractivity contribution in [1.29, 1.82) is 0 Å². The summed E-state index contributed by atoms with van der Waals surface area (Å²) in [6, 6.07) is 6.94. The molecule has 1 aliphatic rings. The third-order valence-corrected chi connectivity index (χ3v) is 3.97. The lowest BCUT2D eigenvalue weighted by atomic mass is 10.0. The third kappa shape index (κ3) is 5.77. The zero-order valence-electron chi connectivity index (χ0n) is 15.0. The summed E-state index contributed by atoms with van der Waals surface area (Å²) in [6.45, 7) is 6.53. The normalized spacial score (nSPS) is 15.0. The Bertz CT molecular complexity index is 637. The van der Waals surface area contributed by atoms with Crippen LogP contribution >= 0.6 is 0 Å². The van der Waals surface area contributed by atoms with Gasteiger partial charge in [-0.3, -0.25) is 9.59 Å². The highest BCUT2D eigenvalue weighted by Gasteiger charge is 2.24. The van der Waals surface area contributed by atoms with Crippen LogP contribution in [0.25, 0.3) is 0 Å². The average Bonchev–Trinajstić information content (AvgIpc) is 2.54. The molecule has 1 aliphatic heterocycles. The van der Waals surface area contributed by atoms with Crippen LogP contribution in [-0.4, -0.2) is 47.9 Å². The number of piperidine rings is 1. The molecule has 0 atom stereocenters. The van der Waals surface area contributed by atoms with Crippen molar-refractivity contribution in [3.63, 3.8) is 0 Å². The predicted molar refractivity (Wildman–Crippen MR) is 96.5 cm³/mol. The molecule has 1 saturated heterocycles. The first kappa shape index (κ1) is 18.8. The summed E-state index contributed by atoms with van der Waals surface area (Å²) in [4.78, 5) is 37.3. The van der Waals surface area contributed by atoms with E-state index < -0.39 is 0 Å². The van der Waals surface area contributed by atoms with Crippen LogP contribution in [0.4, 0.5) is 10.5 Å². The molecule has 7 nitrogen and oxygen atoms in total. The summed E-state index contributed by atoms with van der Waals surface area (Å²) < 4.78 is 0. The van der Waals surface area contributed by atoms with Crippen molar-refractivity contribution in [3.05, 3.63) is 29.8 Å². The summed E-state index contributed by atoms with van der Waals surface area (Å²) in [7, 11) is 0. The molecule has 0 aliphatic carbocycles. The number of anilines is 1. The van der Waals surface area contributed by atoms with Gasteiger partial charge in [0.05, 0.1) is 0 Å². The molecule has 7 heteroatoms. The Morgan fingerprint density at radius 3 is 2.44 bits per heavy atom. The van der Waals surface area contributed by atoms with E-state index >= 15 is 0 Å². The van der Waals surface area contributed by atoms with Gasteiger partial charge in [-0.25, -0.2) is 4.79 Å². The number of nitrogens with one attached hydrogen (secondary N) is 3. The first-order valence-electron chi connectivity index (χ1n) is 8.59. The average molecular weight is 346 g/mol. The van der Waals surface area contributed by atoms with Gasteiger partial charge in [0, 0.05) is 43.3 Å². The van der Waals surface area contributed by atoms with Crippen molar-refractivity contribution in [2.45, 2.75) is 45.7 Å². The Hall–Kier alpha value is -2.57. The van der Waals surface area contributed by atoms with E-state index in [2.05, 4.69) is 16.0 Å². The van der Waals surface area contributed by atoms with Crippen LogP contribution in [0, 0.1) is 0 Å². The molecule has 0 spiro atoms. The molecule has 1 fully saturated rings. The van der Waals surface area contributed by atoms with Crippen LogP contribution in [0.5, 0.6) is 0 Å². The fraction of sp³-hybridized carbons (Fsp3) is 0.500. The SMILES string of the molecule is CC(=O)Nc1cccc(C(=O)NC2CCN(C(=O)NC(C)C)CC2)c1. The Labute approximate surface area is 148 Å². The minimum atomic E-state index is -0.176. The van der Waals surface area contributed by atoms with E-state index in [4.69, 9.17) is 0 Å². The molecule has 1 aromatic carbocycles. The van der Waals surface area contributed by atoms with E-state index in [0.717, 1.165) is 12.8 Å². The number of urea groups is 1. The highest BCUT2D eigenvalue weighted by molar-refractivity contribution is 5.96. The molecule has 2 rings (SSSR count). The maximum atomic E-state index is 12.4. The van der Waals surface area contributed by atoms with Crippen LogP contribution < -0.4 is 16.0 Å². The predicted octanol–water partition coefficient (Wildman–Crippen LogP) is 1.96. The van der Waals surface area contributed by atoms with Gasteiger partial charge in [-0.15, -0.1) is 0 Å². The smallest absolute Gasteiger partial charge is 0.317 e. The second-order valence-electron chi connectivity index (χ2n) is 6.60. The number of rotatable bonds is 4. The summed E-state index contributed by atoms with van der Waals surface area (Å²) >= 11 is 0. The van der Waals surface area contributed by atoms with E-state index in [1.807, 2.05) is 13.8 Å². The van der Waals surface area contributed by atoms with E-state index in [0.29, 0.717) is 24.3 Å². The Balaban J connectivity index is 1.86. The number of carbonyl (C=O) groups excluding carboxylic acids is 3. The van der Waals surface area contributed by atoms with Crippen LogP contribution in [0.2, 0.25) is 0 Å². The summed E-state index contributed by atoms with van der Waals surface area (Å²) in [5.74, 6) is -0.345. The van der Waals surface area contributed by atoms with Crippen molar-refractivity contribution in [2.24, 2.45) is 0 Å². The molecule has 0 aromatic heterocycles. The Morgan fingerprint density at radius 1 is 1.16 bits per heavy atom. The lowest BCUT2D eigenvalue weighted by molar-refractivity contribution is -0.114. The Kier molecular flexibility index (Phi) is 6.38. The summed E-state index contributed by atoms with van der Waals surface area (Å²) in [6.07, 6.45) is 1.45. The third-order valence-electron chi connectivity index (χ3n) is 3.97. The molecular weight excluding hydrogens is 320 g/mol. The van der Waals surface area contributed by atoms with Gasteiger partial charge in [0.2, 0.25) is 5.91 Å². The standard InChI is InChI=1S/C18H26N4O3/c1-12(2)19-18(25)22-9-7-15(8-10-22)21-17(24)14-5-4-6-16(11-14)20-13(3)23/h4-6,11-12,15H,7-10H2,1-3H3,(H,19,25)(H,20,23)(H,21,24). The zero-order valence-corrected chi connectivity index (χ0v) is 15.0. The molecule has 3 N–H and O–H groups in total. The minimum Gasteiger partial charge on any atom is -0.349 e. The second-order valence-corrected chi connectivity index (χ2v) is 6.60. The highest BCUT2D eigenvalue weighted by Crippen LogP contribution is 2.14. The van der Waals surface area contributed by atoms with Gasteiger partial charge < -0.3 is 20.9 Å². The van der Waals surface area contributed by atoms with Gasteiger partial charge in [-0.2, -0.15) is 0 Å². The summed E-state index contributed by atoms with van der Waals surface area (Å²) in [5, 5.41) is 8.55. The topological polar surface area (TPSA) is 90.5 Å². The number of carbonyl (C=O) groups is 3. The van der Waals surface area contributed by atoms with Gasteiger partial charge in [0.15, 0.2) is 0 Å². The first-order chi connectivity index (χ1) is 11.8. The van der Waals surface area contributed by atoms with E-state index in [9.17, 15) is 14.4 Å². The van der Waals surface area contributed by atoms with Gasteiger partial charge in [-0.05, 0) is 44.9 Å². The van der Waals surface area contributed by atoms with Gasteiger partial charge >= 0.3 is 6.03 Å². The fourth-order valence-corrected chi connectivity index (χ4v) is 2.78. The highest BCUT2D eigenvalue weighted by atomic mass is 16.2. The quantitative estimate of drug-likeness (QED) is 0.778. The van der Waals surface area contributed by atoms with Gasteiger partial charge in [0.1, 0.15) is 0 Å². The van der Waals surface area contributed by atoms with Crippen LogP contribution in [0.15, 0.2) is 24.3 Å². The van der Waals surface area contributed by atoms with Gasteiger partial charge in [-0.1, -0.05) is 6.07 Å². The molecule has 0 unspecified atom stereocenters. The molecular formula is C18H26N4O3. The number of benzene rings is 1. The summed E-state index contributed by atoms with van der Waals surface area (Å²) in [5.41, 5.74) is 1.10. The lowest BCUT2D eigenvalue weighted by Crippen LogP contribution is -2.50. The molecule has 1 aromatic rings. The molecule has 0 bridgehead atoms. The van der Waals surface area contributed by atoms with Crippen LogP contribution in [0.1, 0.15) is 44.0 Å². The number of likely N-dealkylation sites (tertiary alicyclic amines) is 1. The van der Waals surface area contributed by atoms with E-state index in [1.165, 1.54) is 6.92 Å². The van der Waals surface area contributed by atoms with Crippen LogP contribution in [-0.2, 0) is 4.79 Å². The maximum absolute atomic E-state index is 12.4. The minimum absolute atomic E-state index is 0.0417. The number of amides is 4. The monoisotopic (exact) mass is 346 g/mol. The van der Waals surface area contributed by atoms with Crippen molar-refractivity contribution in [2.75, 3.05) is 18.4 Å². The van der Waals surface area contributed by atoms with E-state index in [1.54, 1.807) is 29.2 Å². The van der Waals surface area contributed by atoms with Gasteiger partial charge in [0.25, 0.3) is 5.91 Å². The van der Waals surface area contributed by atoms with Crippen molar-refractivity contribution < 1.29 is 14.4 Å². The number of hydrogen-bond acceptors (Lipinski definition) is 3. The molecule has 4 amide bonds. The first-order valence-corrected chi connectivity index (χ1v) is 8.59. The number of hydrogen-bond donors (Lipinski definition) is 3. The maximum Gasteiger partial charge on any atom is 0.317 e. The lowest BCUT2D eigenvalue weighted by Gasteiger charge is -2.33. The fourth-order valence-electron chi connectivity index (χ4n) is 2.78. The largest absolute Gasteiger partial charge is 0.349 e. The van der Waals surface area contributed by atoms with Crippen molar-refractivity contribution in [1.82, 2.24) is 15.5 Å². The van der Waals surface area contributed by atoms with E-state index in [-0.39, 0.29) is 29.9 Å².